The van der Waals surface area contributed by atoms with Crippen molar-refractivity contribution in [3.63, 3.8) is 0 Å². The predicted molar refractivity (Wildman–Crippen MR) is 116 cm³/mol. The fraction of sp³-hybridized carbons (Fsp3) is 0.273. The standard InChI is InChI=1S/C22H22ClN5O2/c23-20-19(15-26-28(22(20)30)18-6-2-1-3-7-18)27-11-8-17(9-12-27)21(29)25-14-16-5-4-10-24-13-16/h1-7,10,13,15,17H,8-9,11-12,14H2,(H,25,29). The molecule has 7 nitrogen and oxygen atoms in total. The molecular formula is C22H22ClN5O2. The molecule has 1 fully saturated rings. The van der Waals surface area contributed by atoms with Crippen LogP contribution in [0.2, 0.25) is 5.02 Å². The van der Waals surface area contributed by atoms with Crippen molar-refractivity contribution in [3.05, 3.63) is 82.0 Å². The van der Waals surface area contributed by atoms with Crippen molar-refractivity contribution in [2.45, 2.75) is 19.4 Å². The summed E-state index contributed by atoms with van der Waals surface area (Å²) in [4.78, 5) is 31.3. The summed E-state index contributed by atoms with van der Waals surface area (Å²) in [7, 11) is 0. The van der Waals surface area contributed by atoms with Crippen molar-refractivity contribution >= 4 is 23.2 Å². The largest absolute Gasteiger partial charge is 0.369 e. The summed E-state index contributed by atoms with van der Waals surface area (Å²) in [5, 5.41) is 7.42. The average Bonchev–Trinajstić information content (AvgIpc) is 2.80. The molecule has 30 heavy (non-hydrogen) atoms. The number of anilines is 1. The summed E-state index contributed by atoms with van der Waals surface area (Å²) in [5.41, 5.74) is 1.90. The normalized spacial score (nSPS) is 14.5. The Labute approximate surface area is 179 Å². The zero-order valence-corrected chi connectivity index (χ0v) is 17.1. The van der Waals surface area contributed by atoms with Gasteiger partial charge in [0, 0.05) is 37.9 Å². The first kappa shape index (κ1) is 20.1. The van der Waals surface area contributed by atoms with Crippen molar-refractivity contribution in [1.82, 2.24) is 20.1 Å². The fourth-order valence-corrected chi connectivity index (χ4v) is 3.86. The van der Waals surface area contributed by atoms with E-state index < -0.39 is 0 Å². The van der Waals surface area contributed by atoms with E-state index in [1.54, 1.807) is 30.7 Å². The third kappa shape index (κ3) is 4.36. The second-order valence-corrected chi connectivity index (χ2v) is 7.61. The summed E-state index contributed by atoms with van der Waals surface area (Å²) in [6.07, 6.45) is 6.46. The molecule has 0 aliphatic carbocycles. The number of rotatable bonds is 5. The summed E-state index contributed by atoms with van der Waals surface area (Å²) in [6, 6.07) is 13.0. The zero-order valence-electron chi connectivity index (χ0n) is 16.4. The third-order valence-electron chi connectivity index (χ3n) is 5.30. The molecule has 0 saturated carbocycles. The second-order valence-electron chi connectivity index (χ2n) is 7.24. The van der Waals surface area contributed by atoms with Crippen LogP contribution in [0.25, 0.3) is 5.69 Å². The summed E-state index contributed by atoms with van der Waals surface area (Å²) in [5.74, 6) is -0.0171. The Hall–Kier alpha value is -3.19. The van der Waals surface area contributed by atoms with Gasteiger partial charge in [0.15, 0.2) is 0 Å². The van der Waals surface area contributed by atoms with E-state index in [0.29, 0.717) is 43.9 Å². The number of benzene rings is 1. The highest BCUT2D eigenvalue weighted by molar-refractivity contribution is 6.33. The van der Waals surface area contributed by atoms with Crippen LogP contribution in [-0.2, 0) is 11.3 Å². The predicted octanol–water partition coefficient (Wildman–Crippen LogP) is 2.81. The molecule has 3 aromatic rings. The average molecular weight is 424 g/mol. The smallest absolute Gasteiger partial charge is 0.292 e. The molecule has 1 amide bonds. The van der Waals surface area contributed by atoms with E-state index in [9.17, 15) is 9.59 Å². The molecular weight excluding hydrogens is 402 g/mol. The van der Waals surface area contributed by atoms with Crippen LogP contribution in [0.4, 0.5) is 5.69 Å². The Bertz CT molecular complexity index is 1060. The number of halogens is 1. The maximum atomic E-state index is 12.7. The van der Waals surface area contributed by atoms with Gasteiger partial charge in [0.25, 0.3) is 5.56 Å². The van der Waals surface area contributed by atoms with Gasteiger partial charge in [-0.3, -0.25) is 14.6 Å². The lowest BCUT2D eigenvalue weighted by atomic mass is 9.95. The first-order chi connectivity index (χ1) is 14.6. The van der Waals surface area contributed by atoms with E-state index in [0.717, 1.165) is 5.56 Å². The minimum Gasteiger partial charge on any atom is -0.369 e. The summed E-state index contributed by atoms with van der Waals surface area (Å²) in [6.45, 7) is 1.75. The fourth-order valence-electron chi connectivity index (χ4n) is 3.62. The van der Waals surface area contributed by atoms with Crippen molar-refractivity contribution in [2.75, 3.05) is 18.0 Å². The quantitative estimate of drug-likeness (QED) is 0.682. The number of nitrogens with zero attached hydrogens (tertiary/aromatic N) is 4. The first-order valence-electron chi connectivity index (χ1n) is 9.88. The number of carbonyl (C=O) groups is 1. The van der Waals surface area contributed by atoms with Gasteiger partial charge >= 0.3 is 0 Å². The van der Waals surface area contributed by atoms with Crippen LogP contribution in [0, 0.1) is 5.92 Å². The topological polar surface area (TPSA) is 80.1 Å². The zero-order chi connectivity index (χ0) is 20.9. The van der Waals surface area contributed by atoms with Crippen LogP contribution in [-0.4, -0.2) is 33.8 Å². The SMILES string of the molecule is O=C(NCc1cccnc1)C1CCN(c2cnn(-c3ccccc3)c(=O)c2Cl)CC1. The molecule has 0 unspecified atom stereocenters. The highest BCUT2D eigenvalue weighted by atomic mass is 35.5. The molecule has 3 heterocycles. The van der Waals surface area contributed by atoms with Crippen LogP contribution in [0.15, 0.2) is 65.8 Å². The molecule has 0 atom stereocenters. The van der Waals surface area contributed by atoms with Gasteiger partial charge < -0.3 is 10.2 Å². The van der Waals surface area contributed by atoms with E-state index in [1.807, 2.05) is 35.2 Å². The molecule has 1 aliphatic heterocycles. The van der Waals surface area contributed by atoms with Crippen molar-refractivity contribution in [1.29, 1.82) is 0 Å². The van der Waals surface area contributed by atoms with Crippen LogP contribution in [0.1, 0.15) is 18.4 Å². The number of para-hydroxylation sites is 1. The van der Waals surface area contributed by atoms with Gasteiger partial charge in [-0.15, -0.1) is 0 Å². The Kier molecular flexibility index (Phi) is 6.09. The Morgan fingerprint density at radius 2 is 1.87 bits per heavy atom. The number of piperidine rings is 1. The number of aromatic nitrogens is 3. The molecule has 154 valence electrons. The van der Waals surface area contributed by atoms with Gasteiger partial charge in [-0.25, -0.2) is 0 Å². The van der Waals surface area contributed by atoms with Gasteiger partial charge in [0.2, 0.25) is 5.91 Å². The second kappa shape index (κ2) is 9.09. The molecule has 8 heteroatoms. The van der Waals surface area contributed by atoms with Crippen molar-refractivity contribution in [3.8, 4) is 5.69 Å². The minimum absolute atomic E-state index is 0.0437. The molecule has 1 aromatic carbocycles. The molecule has 1 N–H and O–H groups in total. The number of nitrogens with one attached hydrogen (secondary N) is 1. The van der Waals surface area contributed by atoms with Crippen LogP contribution in [0.3, 0.4) is 0 Å². The Balaban J connectivity index is 1.39. The molecule has 1 aliphatic rings. The molecule has 0 spiro atoms. The van der Waals surface area contributed by atoms with Crippen LogP contribution < -0.4 is 15.8 Å². The third-order valence-corrected chi connectivity index (χ3v) is 5.65. The maximum absolute atomic E-state index is 12.7. The number of carbonyl (C=O) groups excluding carboxylic acids is 1. The lowest BCUT2D eigenvalue weighted by molar-refractivity contribution is -0.125. The van der Waals surface area contributed by atoms with Gasteiger partial charge in [0.05, 0.1) is 17.6 Å². The van der Waals surface area contributed by atoms with Gasteiger partial charge in [0.1, 0.15) is 5.02 Å². The number of hydrogen-bond donors (Lipinski definition) is 1. The van der Waals surface area contributed by atoms with Gasteiger partial charge in [-0.1, -0.05) is 35.9 Å². The highest BCUT2D eigenvalue weighted by Crippen LogP contribution is 2.27. The van der Waals surface area contributed by atoms with E-state index in [-0.39, 0.29) is 22.4 Å². The first-order valence-corrected chi connectivity index (χ1v) is 10.3. The molecule has 4 rings (SSSR count). The van der Waals surface area contributed by atoms with Crippen molar-refractivity contribution in [2.24, 2.45) is 5.92 Å². The lowest BCUT2D eigenvalue weighted by Crippen LogP contribution is -2.41. The molecule has 0 radical (unpaired) electrons. The van der Waals surface area contributed by atoms with Crippen molar-refractivity contribution < 1.29 is 4.79 Å². The van der Waals surface area contributed by atoms with Gasteiger partial charge in [-0.05, 0) is 36.6 Å². The monoisotopic (exact) mass is 423 g/mol. The number of pyridine rings is 1. The Morgan fingerprint density at radius 1 is 1.10 bits per heavy atom. The molecule has 0 bridgehead atoms. The van der Waals surface area contributed by atoms with Crippen LogP contribution >= 0.6 is 11.6 Å². The van der Waals surface area contributed by atoms with E-state index in [2.05, 4.69) is 15.4 Å². The molecule has 1 saturated heterocycles. The van der Waals surface area contributed by atoms with E-state index in [4.69, 9.17) is 11.6 Å². The minimum atomic E-state index is -0.350. The highest BCUT2D eigenvalue weighted by Gasteiger charge is 2.27. The van der Waals surface area contributed by atoms with E-state index >= 15 is 0 Å². The summed E-state index contributed by atoms with van der Waals surface area (Å²) < 4.78 is 1.30. The van der Waals surface area contributed by atoms with Gasteiger partial charge in [-0.2, -0.15) is 9.78 Å². The Morgan fingerprint density at radius 3 is 2.57 bits per heavy atom. The van der Waals surface area contributed by atoms with E-state index in [1.165, 1.54) is 4.68 Å². The lowest BCUT2D eigenvalue weighted by Gasteiger charge is -2.33. The molecule has 2 aromatic heterocycles. The maximum Gasteiger partial charge on any atom is 0.292 e. The number of hydrogen-bond acceptors (Lipinski definition) is 5. The number of amides is 1. The van der Waals surface area contributed by atoms with Crippen LogP contribution in [0.5, 0.6) is 0 Å². The summed E-state index contributed by atoms with van der Waals surface area (Å²) >= 11 is 6.40.